The zero-order valence-electron chi connectivity index (χ0n) is 13.9. The van der Waals surface area contributed by atoms with Crippen molar-refractivity contribution in [2.24, 2.45) is 0 Å². The van der Waals surface area contributed by atoms with Crippen molar-refractivity contribution in [3.63, 3.8) is 0 Å². The summed E-state index contributed by atoms with van der Waals surface area (Å²) in [7, 11) is 1.32. The van der Waals surface area contributed by atoms with Crippen LogP contribution in [-0.4, -0.2) is 24.1 Å². The van der Waals surface area contributed by atoms with Crippen LogP contribution in [0.15, 0.2) is 18.2 Å². The average Bonchev–Trinajstić information content (AvgIpc) is 3.04. The molecule has 0 saturated heterocycles. The number of amides is 2. The van der Waals surface area contributed by atoms with Crippen LogP contribution in [0.5, 0.6) is 0 Å². The van der Waals surface area contributed by atoms with E-state index in [2.05, 4.69) is 15.4 Å². The Kier molecular flexibility index (Phi) is 4.17. The summed E-state index contributed by atoms with van der Waals surface area (Å²) in [5.74, 6) is -0.0487. The molecule has 1 aromatic carbocycles. The van der Waals surface area contributed by atoms with Crippen LogP contribution < -0.4 is 10.6 Å². The summed E-state index contributed by atoms with van der Waals surface area (Å²) >= 11 is 1.75. The second kappa shape index (κ2) is 6.48. The lowest BCUT2D eigenvalue weighted by molar-refractivity contribution is -0.116. The van der Waals surface area contributed by atoms with Crippen LogP contribution in [0.3, 0.4) is 0 Å². The Balaban J connectivity index is 1.68. The summed E-state index contributed by atoms with van der Waals surface area (Å²) < 4.78 is 4.61. The van der Waals surface area contributed by atoms with Gasteiger partial charge in [0.1, 0.15) is 5.01 Å². The van der Waals surface area contributed by atoms with Gasteiger partial charge >= 0.3 is 6.09 Å². The number of nitrogens with one attached hydrogen (secondary N) is 2. The van der Waals surface area contributed by atoms with Crippen LogP contribution in [0.25, 0.3) is 0 Å². The van der Waals surface area contributed by atoms with Gasteiger partial charge in [0.2, 0.25) is 5.91 Å². The summed E-state index contributed by atoms with van der Waals surface area (Å²) in [6.45, 7) is 0. The minimum atomic E-state index is -0.536. The van der Waals surface area contributed by atoms with E-state index in [1.165, 1.54) is 30.5 Å². The van der Waals surface area contributed by atoms with E-state index in [9.17, 15) is 9.59 Å². The molecule has 2 amide bonds. The van der Waals surface area contributed by atoms with Crippen LogP contribution in [-0.2, 0) is 22.4 Å². The molecule has 0 bridgehead atoms. The highest BCUT2D eigenvalue weighted by molar-refractivity contribution is 7.11. The predicted molar refractivity (Wildman–Crippen MR) is 96.3 cm³/mol. The van der Waals surface area contributed by atoms with Gasteiger partial charge in [0, 0.05) is 28.6 Å². The van der Waals surface area contributed by atoms with Crippen molar-refractivity contribution in [2.75, 3.05) is 17.7 Å². The number of thiazole rings is 1. The minimum Gasteiger partial charge on any atom is -0.453 e. The molecule has 2 aromatic rings. The molecule has 0 fully saturated rings. The highest BCUT2D eigenvalue weighted by Gasteiger charge is 2.30. The number of hydrogen-bond donors (Lipinski definition) is 2. The molecule has 2 heterocycles. The van der Waals surface area contributed by atoms with Crippen molar-refractivity contribution in [3.8, 4) is 0 Å². The molecular formula is C18H19N3O3S. The molecule has 130 valence electrons. The molecule has 0 spiro atoms. The third-order valence-corrected chi connectivity index (χ3v) is 5.96. The minimum absolute atomic E-state index is 0.0217. The SMILES string of the molecule is COC(=O)Nc1ccc2c(c1)NC(=O)C[C@H]2c1nc2c(s1)CCCC2. The van der Waals surface area contributed by atoms with Gasteiger partial charge in [-0.25, -0.2) is 9.78 Å². The first-order valence-electron chi connectivity index (χ1n) is 8.41. The maximum atomic E-state index is 12.2. The fraction of sp³-hybridized carbons (Fsp3) is 0.389. The van der Waals surface area contributed by atoms with E-state index in [0.29, 0.717) is 12.1 Å². The van der Waals surface area contributed by atoms with E-state index in [1.807, 2.05) is 12.1 Å². The summed E-state index contributed by atoms with van der Waals surface area (Å²) in [6.07, 6.45) is 4.43. The van der Waals surface area contributed by atoms with Crippen molar-refractivity contribution < 1.29 is 14.3 Å². The molecule has 2 aliphatic rings. The van der Waals surface area contributed by atoms with Gasteiger partial charge in [0.25, 0.3) is 0 Å². The lowest BCUT2D eigenvalue weighted by atomic mass is 9.90. The normalized spacial score (nSPS) is 18.8. The van der Waals surface area contributed by atoms with Crippen molar-refractivity contribution in [1.29, 1.82) is 0 Å². The summed E-state index contributed by atoms with van der Waals surface area (Å²) in [4.78, 5) is 29.8. The molecule has 2 N–H and O–H groups in total. The molecule has 6 nitrogen and oxygen atoms in total. The zero-order valence-corrected chi connectivity index (χ0v) is 14.7. The van der Waals surface area contributed by atoms with Crippen molar-refractivity contribution in [3.05, 3.63) is 39.3 Å². The van der Waals surface area contributed by atoms with Crippen LogP contribution in [0.1, 0.15) is 46.3 Å². The van der Waals surface area contributed by atoms with Crippen LogP contribution in [0.2, 0.25) is 0 Å². The Bertz CT molecular complexity index is 823. The van der Waals surface area contributed by atoms with E-state index >= 15 is 0 Å². The fourth-order valence-electron chi connectivity index (χ4n) is 3.45. The Hall–Kier alpha value is -2.41. The number of methoxy groups -OCH3 is 1. The van der Waals surface area contributed by atoms with E-state index < -0.39 is 6.09 Å². The Morgan fingerprint density at radius 3 is 3.00 bits per heavy atom. The number of aromatic nitrogens is 1. The van der Waals surface area contributed by atoms with Gasteiger partial charge in [-0.1, -0.05) is 6.07 Å². The number of anilines is 2. The number of rotatable bonds is 2. The molecule has 1 aliphatic heterocycles. The van der Waals surface area contributed by atoms with Gasteiger partial charge in [0.15, 0.2) is 0 Å². The number of ether oxygens (including phenoxy) is 1. The topological polar surface area (TPSA) is 80.3 Å². The van der Waals surface area contributed by atoms with Gasteiger partial charge in [-0.15, -0.1) is 11.3 Å². The zero-order chi connectivity index (χ0) is 17.4. The van der Waals surface area contributed by atoms with Gasteiger partial charge in [0.05, 0.1) is 12.8 Å². The molecule has 25 heavy (non-hydrogen) atoms. The number of benzene rings is 1. The molecule has 0 saturated carbocycles. The first kappa shape index (κ1) is 16.1. The largest absolute Gasteiger partial charge is 0.453 e. The quantitative estimate of drug-likeness (QED) is 0.859. The lowest BCUT2D eigenvalue weighted by Crippen LogP contribution is -2.24. The predicted octanol–water partition coefficient (Wildman–Crippen LogP) is 3.67. The highest BCUT2D eigenvalue weighted by atomic mass is 32.1. The molecule has 0 unspecified atom stereocenters. The Morgan fingerprint density at radius 1 is 1.36 bits per heavy atom. The second-order valence-corrected chi connectivity index (χ2v) is 7.47. The average molecular weight is 357 g/mol. The number of nitrogens with zero attached hydrogens (tertiary/aromatic N) is 1. The molecule has 1 atom stereocenters. The molecule has 0 radical (unpaired) electrons. The maximum absolute atomic E-state index is 12.2. The number of carbonyl (C=O) groups excluding carboxylic acids is 2. The van der Waals surface area contributed by atoms with Crippen molar-refractivity contribution in [1.82, 2.24) is 4.98 Å². The summed E-state index contributed by atoms with van der Waals surface area (Å²) in [5, 5.41) is 6.55. The van der Waals surface area contributed by atoms with E-state index in [-0.39, 0.29) is 11.8 Å². The Morgan fingerprint density at radius 2 is 2.20 bits per heavy atom. The molecule has 4 rings (SSSR count). The van der Waals surface area contributed by atoms with Crippen LogP contribution >= 0.6 is 11.3 Å². The fourth-order valence-corrected chi connectivity index (χ4v) is 4.73. The molecule has 1 aliphatic carbocycles. The first-order valence-corrected chi connectivity index (χ1v) is 9.23. The molecule has 1 aromatic heterocycles. The summed E-state index contributed by atoms with van der Waals surface area (Å²) in [5.41, 5.74) is 3.57. The number of fused-ring (bicyclic) bond motifs is 2. The van der Waals surface area contributed by atoms with Gasteiger partial charge in [-0.05, 0) is 43.4 Å². The summed E-state index contributed by atoms with van der Waals surface area (Å²) in [6, 6.07) is 5.54. The first-order chi connectivity index (χ1) is 12.1. The van der Waals surface area contributed by atoms with Gasteiger partial charge < -0.3 is 10.1 Å². The van der Waals surface area contributed by atoms with Gasteiger partial charge in [-0.3, -0.25) is 10.1 Å². The van der Waals surface area contributed by atoms with E-state index in [0.717, 1.165) is 29.1 Å². The number of hydrogen-bond acceptors (Lipinski definition) is 5. The maximum Gasteiger partial charge on any atom is 0.411 e. The third kappa shape index (κ3) is 3.11. The standard InChI is InChI=1S/C18H19N3O3S/c1-24-18(23)19-10-6-7-11-12(9-16(22)20-14(11)8-10)17-21-13-4-2-3-5-15(13)25-17/h6-8,12H,2-5,9H2,1H3,(H,19,23)(H,20,22)/t12-/m1/s1. The Labute approximate surface area is 149 Å². The smallest absolute Gasteiger partial charge is 0.411 e. The van der Waals surface area contributed by atoms with Crippen LogP contribution in [0, 0.1) is 0 Å². The van der Waals surface area contributed by atoms with E-state index in [4.69, 9.17) is 4.98 Å². The molecule has 7 heteroatoms. The van der Waals surface area contributed by atoms with Crippen molar-refractivity contribution in [2.45, 2.75) is 38.0 Å². The molecular weight excluding hydrogens is 338 g/mol. The second-order valence-electron chi connectivity index (χ2n) is 6.35. The number of carbonyl (C=O) groups is 2. The van der Waals surface area contributed by atoms with Crippen molar-refractivity contribution >= 4 is 34.7 Å². The van der Waals surface area contributed by atoms with Crippen LogP contribution in [0.4, 0.5) is 16.2 Å². The monoisotopic (exact) mass is 357 g/mol. The number of aryl methyl sites for hydroxylation is 2. The third-order valence-electron chi connectivity index (χ3n) is 4.68. The van der Waals surface area contributed by atoms with E-state index in [1.54, 1.807) is 17.4 Å². The van der Waals surface area contributed by atoms with Gasteiger partial charge in [-0.2, -0.15) is 0 Å². The lowest BCUT2D eigenvalue weighted by Gasteiger charge is -2.24. The highest BCUT2D eigenvalue weighted by Crippen LogP contribution is 2.41.